The van der Waals surface area contributed by atoms with Crippen LogP contribution in [-0.4, -0.2) is 30.8 Å². The molecule has 5 heteroatoms. The molecule has 0 radical (unpaired) electrons. The van der Waals surface area contributed by atoms with Crippen LogP contribution in [-0.2, 0) is 4.74 Å². The first-order valence-corrected chi connectivity index (χ1v) is 5.05. The van der Waals surface area contributed by atoms with Crippen molar-refractivity contribution in [1.82, 2.24) is 4.98 Å². The maximum absolute atomic E-state index is 8.76. The van der Waals surface area contributed by atoms with Crippen molar-refractivity contribution in [3.8, 4) is 6.07 Å². The first-order chi connectivity index (χ1) is 7.29. The molecule has 0 saturated carbocycles. The zero-order valence-electron chi connectivity index (χ0n) is 8.06. The molecule has 2 rings (SSSR count). The van der Waals surface area contributed by atoms with Gasteiger partial charge in [-0.05, 0) is 12.1 Å². The number of ether oxygens (including phenoxy) is 1. The molecule has 1 aromatic rings. The number of anilines is 1. The Hall–Kier alpha value is -1.31. The summed E-state index contributed by atoms with van der Waals surface area (Å²) in [6, 6.07) is 5.74. The van der Waals surface area contributed by atoms with Crippen LogP contribution in [0.15, 0.2) is 18.3 Å². The van der Waals surface area contributed by atoms with E-state index in [1.165, 1.54) is 0 Å². The molecule has 1 aliphatic heterocycles. The van der Waals surface area contributed by atoms with E-state index in [2.05, 4.69) is 11.1 Å². The Morgan fingerprint density at radius 2 is 2.47 bits per heavy atom. The molecular formula is C10H10ClN3O. The lowest BCUT2D eigenvalue weighted by molar-refractivity contribution is 0.0761. The van der Waals surface area contributed by atoms with Gasteiger partial charge in [0.2, 0.25) is 0 Å². The Labute approximate surface area is 93.0 Å². The standard InChI is InChI=1S/C10H10ClN3O/c11-8-1-2-10(13-6-8)14-3-4-15-9(5-12)7-14/h1-2,6,9H,3-4,7H2. The van der Waals surface area contributed by atoms with Gasteiger partial charge in [0.05, 0.1) is 24.2 Å². The van der Waals surface area contributed by atoms with Gasteiger partial charge in [0.25, 0.3) is 0 Å². The molecule has 1 atom stereocenters. The summed E-state index contributed by atoms with van der Waals surface area (Å²) in [5.74, 6) is 0.836. The van der Waals surface area contributed by atoms with Crippen LogP contribution in [0.4, 0.5) is 5.82 Å². The molecular weight excluding hydrogens is 214 g/mol. The molecule has 4 nitrogen and oxygen atoms in total. The Bertz CT molecular complexity index is 373. The molecule has 0 spiro atoms. The SMILES string of the molecule is N#CC1CN(c2ccc(Cl)cn2)CCO1. The highest BCUT2D eigenvalue weighted by Gasteiger charge is 2.20. The molecule has 0 aliphatic carbocycles. The second-order valence-electron chi connectivity index (χ2n) is 3.27. The topological polar surface area (TPSA) is 49.2 Å². The highest BCUT2D eigenvalue weighted by molar-refractivity contribution is 6.30. The molecule has 2 heterocycles. The molecule has 1 unspecified atom stereocenters. The van der Waals surface area contributed by atoms with E-state index >= 15 is 0 Å². The Balaban J connectivity index is 2.10. The maximum Gasteiger partial charge on any atom is 0.161 e. The van der Waals surface area contributed by atoms with Crippen LogP contribution >= 0.6 is 11.6 Å². The van der Waals surface area contributed by atoms with E-state index in [9.17, 15) is 0 Å². The zero-order valence-corrected chi connectivity index (χ0v) is 8.81. The molecule has 1 fully saturated rings. The molecule has 0 aromatic carbocycles. The second kappa shape index (κ2) is 4.47. The van der Waals surface area contributed by atoms with E-state index in [0.717, 1.165) is 12.4 Å². The van der Waals surface area contributed by atoms with E-state index < -0.39 is 0 Å². The third-order valence-electron chi connectivity index (χ3n) is 2.25. The van der Waals surface area contributed by atoms with Crippen molar-refractivity contribution in [1.29, 1.82) is 5.26 Å². The summed E-state index contributed by atoms with van der Waals surface area (Å²) < 4.78 is 5.25. The highest BCUT2D eigenvalue weighted by Crippen LogP contribution is 2.16. The number of aromatic nitrogens is 1. The van der Waals surface area contributed by atoms with E-state index in [0.29, 0.717) is 18.2 Å². The summed E-state index contributed by atoms with van der Waals surface area (Å²) in [5.41, 5.74) is 0. The molecule has 0 bridgehead atoms. The molecule has 78 valence electrons. The number of pyridine rings is 1. The van der Waals surface area contributed by atoms with Crippen molar-refractivity contribution in [2.24, 2.45) is 0 Å². The first-order valence-electron chi connectivity index (χ1n) is 4.67. The lowest BCUT2D eigenvalue weighted by Crippen LogP contribution is -2.42. The minimum atomic E-state index is -0.365. The van der Waals surface area contributed by atoms with E-state index in [1.807, 2.05) is 11.0 Å². The Morgan fingerprint density at radius 3 is 3.13 bits per heavy atom. The third-order valence-corrected chi connectivity index (χ3v) is 2.47. The average Bonchev–Trinajstić information content (AvgIpc) is 2.30. The highest BCUT2D eigenvalue weighted by atomic mass is 35.5. The van der Waals surface area contributed by atoms with Gasteiger partial charge in [-0.25, -0.2) is 4.98 Å². The number of hydrogen-bond acceptors (Lipinski definition) is 4. The van der Waals surface area contributed by atoms with Crippen molar-refractivity contribution in [3.05, 3.63) is 23.4 Å². The number of morpholine rings is 1. The summed E-state index contributed by atoms with van der Waals surface area (Å²) in [4.78, 5) is 6.22. The number of nitriles is 1. The van der Waals surface area contributed by atoms with Gasteiger partial charge < -0.3 is 9.64 Å². The van der Waals surface area contributed by atoms with Crippen molar-refractivity contribution in [2.45, 2.75) is 6.10 Å². The number of rotatable bonds is 1. The summed E-state index contributed by atoms with van der Waals surface area (Å²) in [6.07, 6.45) is 1.24. The second-order valence-corrected chi connectivity index (χ2v) is 3.71. The van der Waals surface area contributed by atoms with Crippen LogP contribution in [0.3, 0.4) is 0 Å². The van der Waals surface area contributed by atoms with Gasteiger partial charge >= 0.3 is 0 Å². The summed E-state index contributed by atoms with van der Waals surface area (Å²) >= 11 is 5.75. The van der Waals surface area contributed by atoms with Gasteiger partial charge in [0.1, 0.15) is 5.82 Å². The van der Waals surface area contributed by atoms with Gasteiger partial charge in [-0.1, -0.05) is 11.6 Å². The lowest BCUT2D eigenvalue weighted by atomic mass is 10.3. The van der Waals surface area contributed by atoms with Gasteiger partial charge in [0, 0.05) is 12.7 Å². The molecule has 15 heavy (non-hydrogen) atoms. The zero-order chi connectivity index (χ0) is 10.7. The van der Waals surface area contributed by atoms with Gasteiger partial charge in [-0.3, -0.25) is 0 Å². The Morgan fingerprint density at radius 1 is 1.60 bits per heavy atom. The largest absolute Gasteiger partial charge is 0.360 e. The quantitative estimate of drug-likeness (QED) is 0.723. The Kier molecular flexibility index (Phi) is 3.05. The van der Waals surface area contributed by atoms with Crippen molar-refractivity contribution in [2.75, 3.05) is 24.6 Å². The lowest BCUT2D eigenvalue weighted by Gasteiger charge is -2.30. The number of nitrogens with zero attached hydrogens (tertiary/aromatic N) is 3. The van der Waals surface area contributed by atoms with Crippen LogP contribution in [0, 0.1) is 11.3 Å². The van der Waals surface area contributed by atoms with Gasteiger partial charge in [-0.15, -0.1) is 0 Å². The summed E-state index contributed by atoms with van der Waals surface area (Å²) in [5, 5.41) is 9.37. The molecule has 1 saturated heterocycles. The van der Waals surface area contributed by atoms with Gasteiger partial charge in [0.15, 0.2) is 6.10 Å². The molecule has 1 aromatic heterocycles. The third kappa shape index (κ3) is 2.38. The average molecular weight is 224 g/mol. The van der Waals surface area contributed by atoms with E-state index in [4.69, 9.17) is 21.6 Å². The van der Waals surface area contributed by atoms with Gasteiger partial charge in [-0.2, -0.15) is 5.26 Å². The predicted octanol–water partition coefficient (Wildman–Crippen LogP) is 1.46. The monoisotopic (exact) mass is 223 g/mol. The smallest absolute Gasteiger partial charge is 0.161 e. The van der Waals surface area contributed by atoms with Crippen LogP contribution < -0.4 is 4.90 Å². The van der Waals surface area contributed by atoms with Crippen LogP contribution in [0.5, 0.6) is 0 Å². The fraction of sp³-hybridized carbons (Fsp3) is 0.400. The molecule has 0 N–H and O–H groups in total. The number of hydrogen-bond donors (Lipinski definition) is 0. The number of halogens is 1. The van der Waals surface area contributed by atoms with Crippen LogP contribution in [0.1, 0.15) is 0 Å². The maximum atomic E-state index is 8.76. The minimum Gasteiger partial charge on any atom is -0.360 e. The van der Waals surface area contributed by atoms with Crippen molar-refractivity contribution >= 4 is 17.4 Å². The summed E-state index contributed by atoms with van der Waals surface area (Å²) in [7, 11) is 0. The van der Waals surface area contributed by atoms with E-state index in [-0.39, 0.29) is 6.10 Å². The first kappa shape index (κ1) is 10.2. The fourth-order valence-electron chi connectivity index (χ4n) is 1.49. The van der Waals surface area contributed by atoms with E-state index in [1.54, 1.807) is 12.3 Å². The fourth-order valence-corrected chi connectivity index (χ4v) is 1.60. The van der Waals surface area contributed by atoms with Crippen molar-refractivity contribution in [3.63, 3.8) is 0 Å². The van der Waals surface area contributed by atoms with Crippen LogP contribution in [0.2, 0.25) is 5.02 Å². The van der Waals surface area contributed by atoms with Crippen molar-refractivity contribution < 1.29 is 4.74 Å². The molecule has 0 amide bonds. The summed E-state index contributed by atoms with van der Waals surface area (Å²) in [6.45, 7) is 1.88. The minimum absolute atomic E-state index is 0.365. The van der Waals surface area contributed by atoms with Crippen LogP contribution in [0.25, 0.3) is 0 Å². The molecule has 1 aliphatic rings. The normalized spacial score (nSPS) is 21.1. The predicted molar refractivity (Wildman–Crippen MR) is 56.8 cm³/mol.